The lowest BCUT2D eigenvalue weighted by Crippen LogP contribution is -2.39. The molecule has 0 saturated heterocycles. The van der Waals surface area contributed by atoms with Crippen LogP contribution in [0.2, 0.25) is 0 Å². The van der Waals surface area contributed by atoms with Gasteiger partial charge in [-0.15, -0.1) is 0 Å². The van der Waals surface area contributed by atoms with E-state index >= 15 is 0 Å². The van der Waals surface area contributed by atoms with Crippen molar-refractivity contribution in [2.45, 2.75) is 13.8 Å². The summed E-state index contributed by atoms with van der Waals surface area (Å²) in [5, 5.41) is 3.82. The van der Waals surface area contributed by atoms with Gasteiger partial charge in [-0.25, -0.2) is 13.8 Å². The number of carbonyl (C=O) groups is 1. The number of anilines is 1. The Kier molecular flexibility index (Phi) is 5.87. The molecule has 1 N–H and O–H groups in total. The highest BCUT2D eigenvalue weighted by Crippen LogP contribution is 2.24. The number of pyridine rings is 1. The van der Waals surface area contributed by atoms with E-state index in [1.165, 1.54) is 6.21 Å². The molecule has 2 rings (SSSR count). The molecule has 25 heavy (non-hydrogen) atoms. The number of hydrogen-bond donors (Lipinski definition) is 1. The van der Waals surface area contributed by atoms with Crippen molar-refractivity contribution in [2.24, 2.45) is 5.10 Å². The molecule has 0 fully saturated rings. The monoisotopic (exact) mass is 360 g/mol. The van der Waals surface area contributed by atoms with Crippen molar-refractivity contribution in [3.8, 4) is 0 Å². The van der Waals surface area contributed by atoms with E-state index in [0.29, 0.717) is 5.69 Å². The lowest BCUT2D eigenvalue weighted by Gasteiger charge is -2.23. The minimum absolute atomic E-state index is 0.354. The van der Waals surface area contributed by atoms with Crippen molar-refractivity contribution < 1.29 is 13.2 Å². The Morgan fingerprint density at radius 1 is 1.28 bits per heavy atom. The smallest absolute Gasteiger partial charge is 0.260 e. The van der Waals surface area contributed by atoms with Gasteiger partial charge in [0.25, 0.3) is 5.91 Å². The van der Waals surface area contributed by atoms with Crippen molar-refractivity contribution in [3.05, 3.63) is 59.4 Å². The first-order valence-corrected chi connectivity index (χ1v) is 9.39. The van der Waals surface area contributed by atoms with Crippen molar-refractivity contribution >= 4 is 27.8 Å². The van der Waals surface area contributed by atoms with E-state index in [0.717, 1.165) is 27.3 Å². The van der Waals surface area contributed by atoms with Gasteiger partial charge < -0.3 is 0 Å². The first kappa shape index (κ1) is 18.6. The van der Waals surface area contributed by atoms with Crippen molar-refractivity contribution in [1.82, 2.24) is 10.4 Å². The van der Waals surface area contributed by atoms with Crippen LogP contribution < -0.4 is 9.73 Å². The van der Waals surface area contributed by atoms with Gasteiger partial charge in [0.2, 0.25) is 10.0 Å². The van der Waals surface area contributed by atoms with Crippen molar-refractivity contribution in [3.63, 3.8) is 0 Å². The van der Waals surface area contributed by atoms with Gasteiger partial charge in [0.05, 0.1) is 18.2 Å². The van der Waals surface area contributed by atoms with Crippen LogP contribution in [0.1, 0.15) is 16.7 Å². The van der Waals surface area contributed by atoms with Crippen LogP contribution in [0.15, 0.2) is 47.8 Å². The summed E-state index contributed by atoms with van der Waals surface area (Å²) in [6.07, 6.45) is 5.73. The summed E-state index contributed by atoms with van der Waals surface area (Å²) in [7, 11) is -3.62. The van der Waals surface area contributed by atoms with Gasteiger partial charge in [-0.2, -0.15) is 5.10 Å². The molecule has 1 aromatic heterocycles. The van der Waals surface area contributed by atoms with E-state index in [1.807, 2.05) is 19.9 Å². The number of sulfonamides is 1. The zero-order valence-electron chi connectivity index (χ0n) is 14.3. The predicted octanol–water partition coefficient (Wildman–Crippen LogP) is 1.61. The molecular formula is C17H20N4O3S. The maximum Gasteiger partial charge on any atom is 0.260 e. The largest absolute Gasteiger partial charge is 0.271 e. The van der Waals surface area contributed by atoms with Gasteiger partial charge in [-0.1, -0.05) is 18.2 Å². The summed E-state index contributed by atoms with van der Waals surface area (Å²) in [5.74, 6) is -0.536. The SMILES string of the molecule is Cc1cccc(N(CC(=O)N/N=C\c2cccnc2)S(C)(=O)=O)c1C. The van der Waals surface area contributed by atoms with Gasteiger partial charge >= 0.3 is 0 Å². The zero-order chi connectivity index (χ0) is 18.4. The fourth-order valence-corrected chi connectivity index (χ4v) is 3.09. The molecule has 0 spiro atoms. The van der Waals surface area contributed by atoms with E-state index in [1.54, 1.807) is 36.7 Å². The van der Waals surface area contributed by atoms with Crippen LogP contribution in [0, 0.1) is 13.8 Å². The third-order valence-corrected chi connectivity index (χ3v) is 4.75. The average Bonchev–Trinajstić information content (AvgIpc) is 2.55. The summed E-state index contributed by atoms with van der Waals surface area (Å²) in [6, 6.07) is 8.85. The summed E-state index contributed by atoms with van der Waals surface area (Å²) < 4.78 is 25.3. The highest BCUT2D eigenvalue weighted by Gasteiger charge is 2.22. The Morgan fingerprint density at radius 2 is 2.04 bits per heavy atom. The Balaban J connectivity index is 2.14. The normalized spacial score (nSPS) is 11.5. The summed E-state index contributed by atoms with van der Waals surface area (Å²) in [5.41, 5.74) is 5.29. The molecule has 0 unspecified atom stereocenters. The van der Waals surface area contributed by atoms with E-state index in [4.69, 9.17) is 0 Å². The molecule has 0 aliphatic carbocycles. The van der Waals surface area contributed by atoms with Gasteiger partial charge in [-0.05, 0) is 37.1 Å². The molecule has 7 nitrogen and oxygen atoms in total. The maximum atomic E-state index is 12.1. The van der Waals surface area contributed by atoms with Crippen LogP contribution in [-0.2, 0) is 14.8 Å². The maximum absolute atomic E-state index is 12.1. The molecule has 1 amide bonds. The van der Waals surface area contributed by atoms with Gasteiger partial charge in [0.15, 0.2) is 0 Å². The Morgan fingerprint density at radius 3 is 2.68 bits per heavy atom. The van der Waals surface area contributed by atoms with Crippen LogP contribution >= 0.6 is 0 Å². The number of rotatable bonds is 6. The number of nitrogens with one attached hydrogen (secondary N) is 1. The molecule has 0 saturated carbocycles. The summed E-state index contributed by atoms with van der Waals surface area (Å²) >= 11 is 0. The number of aromatic nitrogens is 1. The first-order chi connectivity index (χ1) is 11.8. The van der Waals surface area contributed by atoms with E-state index in [-0.39, 0.29) is 6.54 Å². The molecule has 132 valence electrons. The molecule has 0 bridgehead atoms. The highest BCUT2D eigenvalue weighted by molar-refractivity contribution is 7.92. The second-order valence-electron chi connectivity index (χ2n) is 5.57. The number of aryl methyl sites for hydroxylation is 1. The summed E-state index contributed by atoms with van der Waals surface area (Å²) in [6.45, 7) is 3.35. The van der Waals surface area contributed by atoms with Crippen LogP contribution in [0.25, 0.3) is 0 Å². The molecule has 1 aromatic carbocycles. The van der Waals surface area contributed by atoms with E-state index in [9.17, 15) is 13.2 Å². The van der Waals surface area contributed by atoms with Crippen LogP contribution in [-0.4, -0.2) is 38.3 Å². The van der Waals surface area contributed by atoms with Crippen LogP contribution in [0.3, 0.4) is 0 Å². The Labute approximate surface area is 147 Å². The van der Waals surface area contributed by atoms with Crippen molar-refractivity contribution in [2.75, 3.05) is 17.1 Å². The quantitative estimate of drug-likeness (QED) is 0.626. The third-order valence-electron chi connectivity index (χ3n) is 3.62. The fourth-order valence-electron chi connectivity index (χ4n) is 2.18. The summed E-state index contributed by atoms with van der Waals surface area (Å²) in [4.78, 5) is 16.0. The number of hydrazone groups is 1. The number of hydrogen-bond acceptors (Lipinski definition) is 5. The van der Waals surface area contributed by atoms with E-state index < -0.39 is 15.9 Å². The molecule has 1 heterocycles. The zero-order valence-corrected chi connectivity index (χ0v) is 15.1. The van der Waals surface area contributed by atoms with Crippen LogP contribution in [0.5, 0.6) is 0 Å². The minimum atomic E-state index is -3.62. The molecule has 0 radical (unpaired) electrons. The van der Waals surface area contributed by atoms with E-state index in [2.05, 4.69) is 15.5 Å². The van der Waals surface area contributed by atoms with Crippen molar-refractivity contribution in [1.29, 1.82) is 0 Å². The lowest BCUT2D eigenvalue weighted by atomic mass is 10.1. The number of benzene rings is 1. The molecule has 0 aliphatic rings. The third kappa shape index (κ3) is 5.12. The van der Waals surface area contributed by atoms with Gasteiger partial charge in [0, 0.05) is 18.0 Å². The topological polar surface area (TPSA) is 91.7 Å². The molecule has 8 heteroatoms. The van der Waals surface area contributed by atoms with Crippen LogP contribution in [0.4, 0.5) is 5.69 Å². The lowest BCUT2D eigenvalue weighted by molar-refractivity contribution is -0.119. The molecule has 0 aliphatic heterocycles. The Hall–Kier alpha value is -2.74. The number of carbonyl (C=O) groups excluding carboxylic acids is 1. The highest BCUT2D eigenvalue weighted by atomic mass is 32.2. The molecule has 2 aromatic rings. The molecule has 0 atom stereocenters. The predicted molar refractivity (Wildman–Crippen MR) is 98.1 cm³/mol. The average molecular weight is 360 g/mol. The Bertz CT molecular complexity index is 880. The number of amides is 1. The molecular weight excluding hydrogens is 340 g/mol. The first-order valence-electron chi connectivity index (χ1n) is 7.55. The van der Waals surface area contributed by atoms with Gasteiger partial charge in [0.1, 0.15) is 6.54 Å². The fraction of sp³-hybridized carbons (Fsp3) is 0.235. The second-order valence-corrected chi connectivity index (χ2v) is 7.48. The minimum Gasteiger partial charge on any atom is -0.271 e. The standard InChI is InChI=1S/C17H20N4O3S/c1-13-6-4-8-16(14(13)2)21(25(3,23)24)12-17(22)20-19-11-15-7-5-9-18-10-15/h4-11H,12H2,1-3H3,(H,20,22)/b19-11-. The number of nitrogens with zero attached hydrogens (tertiary/aromatic N) is 3. The van der Waals surface area contributed by atoms with Gasteiger partial charge in [-0.3, -0.25) is 14.1 Å². The second kappa shape index (κ2) is 7.89.